The van der Waals surface area contributed by atoms with Crippen molar-refractivity contribution in [3.63, 3.8) is 0 Å². The minimum Gasteiger partial charge on any atom is -0.462 e. The highest BCUT2D eigenvalue weighted by Crippen LogP contribution is 2.34. The molecular weight excluding hydrogens is 364 g/mol. The van der Waals surface area contributed by atoms with E-state index in [4.69, 9.17) is 19.4 Å². The number of hydrogen-bond donors (Lipinski definition) is 2. The van der Waals surface area contributed by atoms with Gasteiger partial charge >= 0.3 is 5.97 Å². The summed E-state index contributed by atoms with van der Waals surface area (Å²) < 4.78 is 10.7. The SMILES string of the molecule is CCCCNc1nc(C[NH+]2CCOCC2)nc2sc(C(=O)OCC)c(C)c12. The van der Waals surface area contributed by atoms with E-state index in [1.54, 1.807) is 0 Å². The summed E-state index contributed by atoms with van der Waals surface area (Å²) in [5, 5.41) is 4.41. The van der Waals surface area contributed by atoms with Gasteiger partial charge in [0.2, 0.25) is 0 Å². The minimum atomic E-state index is -0.280. The number of esters is 1. The van der Waals surface area contributed by atoms with E-state index < -0.39 is 0 Å². The van der Waals surface area contributed by atoms with E-state index in [-0.39, 0.29) is 5.97 Å². The molecule has 0 atom stereocenters. The van der Waals surface area contributed by atoms with Gasteiger partial charge in [0.25, 0.3) is 0 Å². The van der Waals surface area contributed by atoms with Gasteiger partial charge in [0.15, 0.2) is 5.82 Å². The first kappa shape index (κ1) is 20.0. The molecule has 3 heterocycles. The number of unbranched alkanes of at least 4 members (excludes halogenated alkanes) is 1. The molecule has 0 saturated carbocycles. The lowest BCUT2D eigenvalue weighted by Gasteiger charge is -2.23. The van der Waals surface area contributed by atoms with Gasteiger partial charge in [-0.2, -0.15) is 0 Å². The zero-order valence-corrected chi connectivity index (χ0v) is 17.2. The van der Waals surface area contributed by atoms with Gasteiger partial charge in [0.1, 0.15) is 35.2 Å². The molecule has 0 aromatic carbocycles. The number of carbonyl (C=O) groups excluding carboxylic acids is 1. The maximum Gasteiger partial charge on any atom is 0.348 e. The monoisotopic (exact) mass is 393 g/mol. The molecule has 3 rings (SSSR count). The maximum absolute atomic E-state index is 12.3. The Morgan fingerprint density at radius 1 is 1.30 bits per heavy atom. The third-order valence-electron chi connectivity index (χ3n) is 4.73. The molecule has 8 heteroatoms. The lowest BCUT2D eigenvalue weighted by atomic mass is 10.2. The fourth-order valence-corrected chi connectivity index (χ4v) is 4.32. The Kier molecular flexibility index (Phi) is 6.98. The fourth-order valence-electron chi connectivity index (χ4n) is 3.23. The van der Waals surface area contributed by atoms with E-state index >= 15 is 0 Å². The van der Waals surface area contributed by atoms with Crippen LogP contribution < -0.4 is 10.2 Å². The molecule has 148 valence electrons. The molecule has 1 aliphatic heterocycles. The predicted molar refractivity (Wildman–Crippen MR) is 107 cm³/mol. The zero-order chi connectivity index (χ0) is 19.2. The molecule has 2 aromatic rings. The molecule has 1 saturated heterocycles. The van der Waals surface area contributed by atoms with Crippen molar-refractivity contribution in [1.29, 1.82) is 0 Å². The first-order valence-corrected chi connectivity index (χ1v) is 10.6. The largest absolute Gasteiger partial charge is 0.462 e. The fraction of sp³-hybridized carbons (Fsp3) is 0.632. The Morgan fingerprint density at radius 2 is 2.07 bits per heavy atom. The number of carbonyl (C=O) groups is 1. The Balaban J connectivity index is 1.95. The van der Waals surface area contributed by atoms with Gasteiger partial charge in [0, 0.05) is 6.54 Å². The van der Waals surface area contributed by atoms with E-state index in [9.17, 15) is 4.79 Å². The molecule has 0 aliphatic carbocycles. The summed E-state index contributed by atoms with van der Waals surface area (Å²) in [6, 6.07) is 0. The van der Waals surface area contributed by atoms with Crippen LogP contribution in [0.1, 0.15) is 47.7 Å². The summed E-state index contributed by atoms with van der Waals surface area (Å²) in [7, 11) is 0. The molecule has 0 bridgehead atoms. The number of rotatable bonds is 8. The molecule has 1 fully saturated rings. The number of anilines is 1. The van der Waals surface area contributed by atoms with Crippen molar-refractivity contribution < 1.29 is 19.2 Å². The van der Waals surface area contributed by atoms with Crippen molar-refractivity contribution in [3.05, 3.63) is 16.3 Å². The summed E-state index contributed by atoms with van der Waals surface area (Å²) >= 11 is 1.40. The van der Waals surface area contributed by atoms with Gasteiger partial charge in [-0.25, -0.2) is 14.8 Å². The number of nitrogens with one attached hydrogen (secondary N) is 2. The Bertz CT molecular complexity index is 787. The second kappa shape index (κ2) is 9.43. The van der Waals surface area contributed by atoms with Crippen molar-refractivity contribution >= 4 is 33.3 Å². The molecule has 2 N–H and O–H groups in total. The summed E-state index contributed by atoms with van der Waals surface area (Å²) in [6.07, 6.45) is 2.19. The molecule has 27 heavy (non-hydrogen) atoms. The normalized spacial score (nSPS) is 15.2. The minimum absolute atomic E-state index is 0.280. The number of hydrogen-bond acceptors (Lipinski definition) is 7. The van der Waals surface area contributed by atoms with Crippen LogP contribution in [0.4, 0.5) is 5.82 Å². The smallest absolute Gasteiger partial charge is 0.348 e. The number of aryl methyl sites for hydroxylation is 1. The third-order valence-corrected chi connectivity index (χ3v) is 5.89. The molecule has 0 amide bonds. The molecule has 0 radical (unpaired) electrons. The lowest BCUT2D eigenvalue weighted by Crippen LogP contribution is -3.12. The maximum atomic E-state index is 12.3. The van der Waals surface area contributed by atoms with Crippen molar-refractivity contribution in [3.8, 4) is 0 Å². The van der Waals surface area contributed by atoms with Gasteiger partial charge in [-0.3, -0.25) is 0 Å². The number of ether oxygens (including phenoxy) is 2. The standard InChI is InChI=1S/C19H28N4O3S/c1-4-6-7-20-17-15-13(3)16(19(24)26-5-2)27-18(15)22-14(21-17)12-23-8-10-25-11-9-23/h4-12H2,1-3H3,(H,20,21,22)/p+1. The molecule has 7 nitrogen and oxygen atoms in total. The van der Waals surface area contributed by atoms with Crippen LogP contribution in [0.15, 0.2) is 0 Å². The topological polar surface area (TPSA) is 77.8 Å². The highest BCUT2D eigenvalue weighted by Gasteiger charge is 2.23. The van der Waals surface area contributed by atoms with Gasteiger partial charge in [0.05, 0.1) is 25.2 Å². The van der Waals surface area contributed by atoms with Crippen LogP contribution >= 0.6 is 11.3 Å². The van der Waals surface area contributed by atoms with E-state index in [2.05, 4.69) is 12.2 Å². The van der Waals surface area contributed by atoms with Crippen LogP contribution in [0, 0.1) is 6.92 Å². The van der Waals surface area contributed by atoms with E-state index in [1.165, 1.54) is 16.2 Å². The van der Waals surface area contributed by atoms with Gasteiger partial charge < -0.3 is 19.7 Å². The van der Waals surface area contributed by atoms with Gasteiger partial charge in [-0.05, 0) is 25.8 Å². The van der Waals surface area contributed by atoms with Crippen LogP contribution in [0.25, 0.3) is 10.2 Å². The third kappa shape index (κ3) is 4.75. The van der Waals surface area contributed by atoms with Crippen LogP contribution in [0.2, 0.25) is 0 Å². The van der Waals surface area contributed by atoms with Crippen molar-refractivity contribution in [2.45, 2.75) is 40.2 Å². The number of morpholine rings is 1. The quantitative estimate of drug-likeness (QED) is 0.526. The first-order chi connectivity index (χ1) is 13.1. The van der Waals surface area contributed by atoms with Crippen molar-refractivity contribution in [1.82, 2.24) is 9.97 Å². The molecule has 0 unspecified atom stereocenters. The predicted octanol–water partition coefficient (Wildman–Crippen LogP) is 1.80. The highest BCUT2D eigenvalue weighted by molar-refractivity contribution is 7.20. The van der Waals surface area contributed by atoms with Crippen LogP contribution in [-0.2, 0) is 16.0 Å². The average molecular weight is 394 g/mol. The Labute approximate surface area is 164 Å². The molecule has 0 spiro atoms. The second-order valence-electron chi connectivity index (χ2n) is 6.76. The van der Waals surface area contributed by atoms with Crippen LogP contribution in [0.3, 0.4) is 0 Å². The zero-order valence-electron chi connectivity index (χ0n) is 16.4. The summed E-state index contributed by atoms with van der Waals surface area (Å²) in [6.45, 7) is 11.4. The van der Waals surface area contributed by atoms with Gasteiger partial charge in [-0.1, -0.05) is 13.3 Å². The first-order valence-electron chi connectivity index (χ1n) is 9.76. The van der Waals surface area contributed by atoms with E-state index in [0.29, 0.717) is 11.5 Å². The van der Waals surface area contributed by atoms with Gasteiger partial charge in [-0.15, -0.1) is 11.3 Å². The average Bonchev–Trinajstić information content (AvgIpc) is 3.00. The van der Waals surface area contributed by atoms with E-state index in [0.717, 1.165) is 79.7 Å². The number of fused-ring (bicyclic) bond motifs is 1. The van der Waals surface area contributed by atoms with Crippen molar-refractivity contribution in [2.24, 2.45) is 0 Å². The van der Waals surface area contributed by atoms with Crippen LogP contribution in [-0.4, -0.2) is 55.4 Å². The molecular formula is C19H29N4O3S+. The number of nitrogens with zero attached hydrogens (tertiary/aromatic N) is 2. The Morgan fingerprint density at radius 3 is 2.78 bits per heavy atom. The lowest BCUT2D eigenvalue weighted by molar-refractivity contribution is -0.922. The molecule has 2 aromatic heterocycles. The number of aromatic nitrogens is 2. The molecule has 1 aliphatic rings. The number of thiophene rings is 1. The Hall–Kier alpha value is -1.77. The summed E-state index contributed by atoms with van der Waals surface area (Å²) in [5.41, 5.74) is 0.901. The summed E-state index contributed by atoms with van der Waals surface area (Å²) in [4.78, 5) is 24.8. The second-order valence-corrected chi connectivity index (χ2v) is 7.76. The summed E-state index contributed by atoms with van der Waals surface area (Å²) in [5.74, 6) is 1.37. The van der Waals surface area contributed by atoms with E-state index in [1.807, 2.05) is 13.8 Å². The highest BCUT2D eigenvalue weighted by atomic mass is 32.1. The van der Waals surface area contributed by atoms with Crippen LogP contribution in [0.5, 0.6) is 0 Å². The number of quaternary nitrogens is 1. The van der Waals surface area contributed by atoms with Crippen molar-refractivity contribution in [2.75, 3.05) is 44.8 Å².